The third-order valence-corrected chi connectivity index (χ3v) is 4.47. The third kappa shape index (κ3) is 5.27. The number of hydrogen-bond donors (Lipinski definition) is 1. The molecule has 0 spiro atoms. The van der Waals surface area contributed by atoms with Gasteiger partial charge < -0.3 is 10.1 Å². The summed E-state index contributed by atoms with van der Waals surface area (Å²) >= 11 is 0. The summed E-state index contributed by atoms with van der Waals surface area (Å²) < 4.78 is 5.57. The molecule has 0 amide bonds. The summed E-state index contributed by atoms with van der Waals surface area (Å²) in [5.74, 6) is 0. The zero-order valence-corrected chi connectivity index (χ0v) is 13.4. The summed E-state index contributed by atoms with van der Waals surface area (Å²) in [5.41, 5.74) is 0.771. The molecule has 0 radical (unpaired) electrons. The number of methoxy groups -OCH3 is 1. The Kier molecular flexibility index (Phi) is 5.25. The first-order valence-electron chi connectivity index (χ1n) is 7.48. The van der Waals surface area contributed by atoms with E-state index in [1.54, 1.807) is 0 Å². The van der Waals surface area contributed by atoms with Crippen LogP contribution in [0.15, 0.2) is 0 Å². The van der Waals surface area contributed by atoms with Crippen LogP contribution in [0.4, 0.5) is 0 Å². The van der Waals surface area contributed by atoms with E-state index < -0.39 is 0 Å². The van der Waals surface area contributed by atoms with Crippen molar-refractivity contribution >= 4 is 0 Å². The molecule has 0 unspecified atom stereocenters. The Bertz CT molecular complexity index is 246. The maximum atomic E-state index is 5.57. The van der Waals surface area contributed by atoms with Crippen LogP contribution in [-0.4, -0.2) is 24.8 Å². The molecule has 1 aliphatic carbocycles. The first-order chi connectivity index (χ1) is 8.18. The molecule has 0 aliphatic heterocycles. The summed E-state index contributed by atoms with van der Waals surface area (Å²) in [4.78, 5) is 0. The Morgan fingerprint density at radius 3 is 2.06 bits per heavy atom. The molecule has 1 N–H and O–H groups in total. The van der Waals surface area contributed by atoms with Crippen molar-refractivity contribution in [3.05, 3.63) is 0 Å². The van der Waals surface area contributed by atoms with Gasteiger partial charge in [0.05, 0.1) is 5.60 Å². The zero-order chi connectivity index (χ0) is 13.9. The van der Waals surface area contributed by atoms with Crippen molar-refractivity contribution in [3.63, 3.8) is 0 Å². The minimum atomic E-state index is 0.0251. The lowest BCUT2D eigenvalue weighted by Gasteiger charge is -2.36. The van der Waals surface area contributed by atoms with Gasteiger partial charge in [0.25, 0.3) is 0 Å². The maximum absolute atomic E-state index is 5.57. The fraction of sp³-hybridized carbons (Fsp3) is 1.00. The molecule has 0 aromatic carbocycles. The molecule has 0 aromatic heterocycles. The van der Waals surface area contributed by atoms with Crippen LogP contribution in [0.5, 0.6) is 0 Å². The summed E-state index contributed by atoms with van der Waals surface area (Å²) in [6.45, 7) is 12.3. The molecule has 0 heterocycles. The Morgan fingerprint density at radius 2 is 1.61 bits per heavy atom. The predicted octanol–water partition coefficient (Wildman–Crippen LogP) is 4.14. The minimum absolute atomic E-state index is 0.0251. The normalized spacial score (nSPS) is 20.3. The van der Waals surface area contributed by atoms with Gasteiger partial charge in [0.2, 0.25) is 0 Å². The van der Waals surface area contributed by atoms with E-state index >= 15 is 0 Å². The third-order valence-electron chi connectivity index (χ3n) is 4.47. The average molecular weight is 255 g/mol. The SMILES string of the molecule is COC(C)(C)CCC1(CNC(C)(C)C)CCCC1. The van der Waals surface area contributed by atoms with Crippen LogP contribution in [0.3, 0.4) is 0 Å². The van der Waals surface area contributed by atoms with Crippen LogP contribution >= 0.6 is 0 Å². The van der Waals surface area contributed by atoms with Gasteiger partial charge in [-0.1, -0.05) is 12.8 Å². The van der Waals surface area contributed by atoms with Crippen molar-refractivity contribution in [3.8, 4) is 0 Å². The first kappa shape index (κ1) is 16.0. The van der Waals surface area contributed by atoms with E-state index in [-0.39, 0.29) is 11.1 Å². The molecule has 108 valence electrons. The Morgan fingerprint density at radius 1 is 1.06 bits per heavy atom. The molecule has 0 atom stereocenters. The molecule has 1 saturated carbocycles. The second-order valence-corrected chi connectivity index (χ2v) is 7.77. The molecular weight excluding hydrogens is 222 g/mol. The second-order valence-electron chi connectivity index (χ2n) is 7.77. The Labute approximate surface area is 114 Å². The lowest BCUT2D eigenvalue weighted by molar-refractivity contribution is 0.00324. The quantitative estimate of drug-likeness (QED) is 0.770. The van der Waals surface area contributed by atoms with Gasteiger partial charge in [-0.2, -0.15) is 0 Å². The van der Waals surface area contributed by atoms with E-state index in [1.165, 1.54) is 32.1 Å². The summed E-state index contributed by atoms with van der Waals surface area (Å²) in [6, 6.07) is 0. The second kappa shape index (κ2) is 5.92. The van der Waals surface area contributed by atoms with Crippen molar-refractivity contribution in [2.45, 2.75) is 84.3 Å². The van der Waals surface area contributed by atoms with Gasteiger partial charge in [0.1, 0.15) is 0 Å². The highest BCUT2D eigenvalue weighted by Gasteiger charge is 2.35. The van der Waals surface area contributed by atoms with Crippen LogP contribution in [0.1, 0.15) is 73.1 Å². The minimum Gasteiger partial charge on any atom is -0.379 e. The molecular formula is C16H33NO. The van der Waals surface area contributed by atoms with Crippen LogP contribution in [0.2, 0.25) is 0 Å². The smallest absolute Gasteiger partial charge is 0.0623 e. The number of ether oxygens (including phenoxy) is 1. The zero-order valence-electron chi connectivity index (χ0n) is 13.4. The van der Waals surface area contributed by atoms with Gasteiger partial charge >= 0.3 is 0 Å². The highest BCUT2D eigenvalue weighted by atomic mass is 16.5. The van der Waals surface area contributed by atoms with Crippen molar-refractivity contribution in [2.24, 2.45) is 5.41 Å². The largest absolute Gasteiger partial charge is 0.379 e. The fourth-order valence-corrected chi connectivity index (χ4v) is 2.76. The van der Waals surface area contributed by atoms with E-state index in [0.717, 1.165) is 13.0 Å². The first-order valence-corrected chi connectivity index (χ1v) is 7.48. The van der Waals surface area contributed by atoms with Crippen LogP contribution in [0, 0.1) is 5.41 Å². The topological polar surface area (TPSA) is 21.3 Å². The molecule has 0 saturated heterocycles. The van der Waals surface area contributed by atoms with Crippen LogP contribution in [0.25, 0.3) is 0 Å². The molecule has 1 fully saturated rings. The number of hydrogen-bond acceptors (Lipinski definition) is 2. The van der Waals surface area contributed by atoms with Crippen LogP contribution < -0.4 is 5.32 Å². The fourth-order valence-electron chi connectivity index (χ4n) is 2.76. The Hall–Kier alpha value is -0.0800. The number of nitrogens with one attached hydrogen (secondary N) is 1. The molecule has 1 aliphatic rings. The van der Waals surface area contributed by atoms with E-state index in [2.05, 4.69) is 39.9 Å². The van der Waals surface area contributed by atoms with Gasteiger partial charge in [0, 0.05) is 19.2 Å². The molecule has 18 heavy (non-hydrogen) atoms. The van der Waals surface area contributed by atoms with Gasteiger partial charge in [-0.15, -0.1) is 0 Å². The molecule has 1 rings (SSSR count). The lowest BCUT2D eigenvalue weighted by Crippen LogP contribution is -2.43. The van der Waals surface area contributed by atoms with Crippen molar-refractivity contribution in [1.82, 2.24) is 5.32 Å². The molecule has 0 aromatic rings. The summed E-state index contributed by atoms with van der Waals surface area (Å²) in [7, 11) is 1.83. The average Bonchev–Trinajstić information content (AvgIpc) is 2.73. The van der Waals surface area contributed by atoms with Crippen molar-refractivity contribution in [2.75, 3.05) is 13.7 Å². The Balaban J connectivity index is 2.53. The molecule has 2 nitrogen and oxygen atoms in total. The van der Waals surface area contributed by atoms with Gasteiger partial charge in [-0.3, -0.25) is 0 Å². The highest BCUT2D eigenvalue weighted by molar-refractivity contribution is 4.90. The number of rotatable bonds is 6. The summed E-state index contributed by atoms with van der Waals surface area (Å²) in [6.07, 6.45) is 8.02. The van der Waals surface area contributed by atoms with E-state index in [0.29, 0.717) is 5.41 Å². The van der Waals surface area contributed by atoms with E-state index in [4.69, 9.17) is 4.74 Å². The van der Waals surface area contributed by atoms with Gasteiger partial charge in [-0.25, -0.2) is 0 Å². The molecule has 2 heteroatoms. The van der Waals surface area contributed by atoms with Crippen LogP contribution in [-0.2, 0) is 4.74 Å². The highest BCUT2D eigenvalue weighted by Crippen LogP contribution is 2.43. The van der Waals surface area contributed by atoms with Crippen molar-refractivity contribution < 1.29 is 4.74 Å². The molecule has 0 bridgehead atoms. The maximum Gasteiger partial charge on any atom is 0.0623 e. The van der Waals surface area contributed by atoms with Gasteiger partial charge in [0.15, 0.2) is 0 Å². The van der Waals surface area contributed by atoms with E-state index in [1.807, 2.05) is 7.11 Å². The monoisotopic (exact) mass is 255 g/mol. The predicted molar refractivity (Wildman–Crippen MR) is 79.0 cm³/mol. The van der Waals surface area contributed by atoms with Crippen molar-refractivity contribution in [1.29, 1.82) is 0 Å². The standard InChI is InChI=1S/C16H33NO/c1-14(2,3)17-13-16(9-7-8-10-16)12-11-15(4,5)18-6/h17H,7-13H2,1-6H3. The lowest BCUT2D eigenvalue weighted by atomic mass is 9.78. The van der Waals surface area contributed by atoms with Gasteiger partial charge in [-0.05, 0) is 65.7 Å². The van der Waals surface area contributed by atoms with E-state index in [9.17, 15) is 0 Å². The summed E-state index contributed by atoms with van der Waals surface area (Å²) in [5, 5.41) is 3.72.